The molecule has 0 spiro atoms. The van der Waals surface area contributed by atoms with Crippen LogP contribution in [0, 0.1) is 20.4 Å². The molecule has 0 heterocycles. The third kappa shape index (κ3) is 5.14. The zero-order valence-corrected chi connectivity index (χ0v) is 19.1. The van der Waals surface area contributed by atoms with Crippen LogP contribution in [0.5, 0.6) is 5.75 Å². The minimum atomic E-state index is 0.597. The molecule has 0 amide bonds. The van der Waals surface area contributed by atoms with Crippen molar-refractivity contribution in [2.24, 2.45) is 0 Å². The van der Waals surface area contributed by atoms with E-state index in [1.807, 2.05) is 30.3 Å². The molecule has 0 aliphatic heterocycles. The first-order chi connectivity index (χ1) is 16.1. The van der Waals surface area contributed by atoms with E-state index in [1.165, 1.54) is 11.1 Å². The lowest BCUT2D eigenvalue weighted by Gasteiger charge is -2.26. The summed E-state index contributed by atoms with van der Waals surface area (Å²) < 4.78 is 5.22. The predicted molar refractivity (Wildman–Crippen MR) is 138 cm³/mol. The molecule has 162 valence electrons. The Morgan fingerprint density at radius 3 is 1.58 bits per heavy atom. The zero-order chi connectivity index (χ0) is 23.2. The molecule has 0 fully saturated rings. The normalized spacial score (nSPS) is 11.0. The number of benzene rings is 4. The van der Waals surface area contributed by atoms with Crippen LogP contribution in [0.15, 0.2) is 97.1 Å². The van der Waals surface area contributed by atoms with Crippen molar-refractivity contribution in [3.05, 3.63) is 131 Å². The molecule has 0 aliphatic carbocycles. The second-order valence-electron chi connectivity index (χ2n) is 7.97. The van der Waals surface area contributed by atoms with E-state index in [1.54, 1.807) is 7.11 Å². The number of aryl methyl sites for hydroxylation is 2. The maximum absolute atomic E-state index is 7.63. The van der Waals surface area contributed by atoms with Crippen LogP contribution in [0.3, 0.4) is 0 Å². The van der Waals surface area contributed by atoms with Gasteiger partial charge in [-0.1, -0.05) is 59.7 Å². The summed E-state index contributed by atoms with van der Waals surface area (Å²) in [6.45, 7) is 11.8. The quantitative estimate of drug-likeness (QED) is 0.226. The molecule has 0 saturated carbocycles. The molecule has 4 aromatic carbocycles. The minimum absolute atomic E-state index is 0.597. The van der Waals surface area contributed by atoms with Gasteiger partial charge in [-0.05, 0) is 79.6 Å². The molecule has 0 unspecified atom stereocenters. The number of anilines is 3. The summed E-state index contributed by atoms with van der Waals surface area (Å²) >= 11 is 0. The number of hydrogen-bond donors (Lipinski definition) is 0. The molecular weight excluding hydrogens is 404 g/mol. The van der Waals surface area contributed by atoms with Gasteiger partial charge in [0.05, 0.1) is 13.7 Å². The maximum Gasteiger partial charge on any atom is 0.194 e. The summed E-state index contributed by atoms with van der Waals surface area (Å²) in [5.41, 5.74) is 8.18. The van der Waals surface area contributed by atoms with E-state index in [9.17, 15) is 0 Å². The number of nitrogens with zero attached hydrogens (tertiary/aromatic N) is 2. The number of methoxy groups -OCH3 is 1. The Balaban J connectivity index is 1.68. The van der Waals surface area contributed by atoms with Crippen molar-refractivity contribution in [1.82, 2.24) is 0 Å². The van der Waals surface area contributed by atoms with Crippen LogP contribution in [0.4, 0.5) is 17.1 Å². The minimum Gasteiger partial charge on any atom is -0.497 e. The van der Waals surface area contributed by atoms with Gasteiger partial charge in [0, 0.05) is 17.1 Å². The highest BCUT2D eigenvalue weighted by Gasteiger charge is 2.12. The first kappa shape index (κ1) is 21.9. The molecule has 0 bridgehead atoms. The third-order valence-electron chi connectivity index (χ3n) is 5.55. The van der Waals surface area contributed by atoms with Gasteiger partial charge in [0.15, 0.2) is 5.70 Å². The van der Waals surface area contributed by atoms with Gasteiger partial charge in [-0.25, -0.2) is 4.85 Å². The van der Waals surface area contributed by atoms with Crippen molar-refractivity contribution in [2.45, 2.75) is 13.8 Å². The summed E-state index contributed by atoms with van der Waals surface area (Å²) in [4.78, 5) is 5.98. The molecule has 0 radical (unpaired) electrons. The van der Waals surface area contributed by atoms with Crippen molar-refractivity contribution < 1.29 is 4.74 Å². The highest BCUT2D eigenvalue weighted by Crippen LogP contribution is 2.35. The molecule has 0 atom stereocenters. The molecule has 3 heteroatoms. The van der Waals surface area contributed by atoms with Crippen LogP contribution >= 0.6 is 0 Å². The first-order valence-corrected chi connectivity index (χ1v) is 10.8. The molecule has 0 saturated heterocycles. The van der Waals surface area contributed by atoms with Gasteiger partial charge >= 0.3 is 0 Å². The number of rotatable bonds is 6. The largest absolute Gasteiger partial charge is 0.497 e. The second-order valence-corrected chi connectivity index (χ2v) is 7.97. The third-order valence-corrected chi connectivity index (χ3v) is 5.55. The number of ether oxygens (including phenoxy) is 1. The topological polar surface area (TPSA) is 16.8 Å². The van der Waals surface area contributed by atoms with Crippen LogP contribution in [0.2, 0.25) is 0 Å². The van der Waals surface area contributed by atoms with Crippen molar-refractivity contribution in [2.75, 3.05) is 12.0 Å². The zero-order valence-electron chi connectivity index (χ0n) is 19.1. The number of hydrogen-bond acceptors (Lipinski definition) is 2. The highest BCUT2D eigenvalue weighted by atomic mass is 16.5. The van der Waals surface area contributed by atoms with Crippen LogP contribution in [0.1, 0.15) is 22.3 Å². The van der Waals surface area contributed by atoms with Gasteiger partial charge in [0.1, 0.15) is 5.75 Å². The average Bonchev–Trinajstić information content (AvgIpc) is 2.86. The van der Waals surface area contributed by atoms with E-state index in [-0.39, 0.29) is 0 Å². The SMILES string of the molecule is [C-]#[N+]C(=Cc1ccc(N(c2ccc(C)cc2)c2ccc(C)cc2)cc1)c1ccc(OC)cc1. The fraction of sp³-hybridized carbons (Fsp3) is 0.100. The highest BCUT2D eigenvalue weighted by molar-refractivity contribution is 5.86. The molecule has 0 N–H and O–H groups in total. The summed E-state index contributed by atoms with van der Waals surface area (Å²) in [6, 6.07) is 33.0. The second kappa shape index (κ2) is 9.89. The maximum atomic E-state index is 7.63. The fourth-order valence-electron chi connectivity index (χ4n) is 3.65. The molecular formula is C30H26N2O. The van der Waals surface area contributed by atoms with Gasteiger partial charge in [0.25, 0.3) is 0 Å². The lowest BCUT2D eigenvalue weighted by molar-refractivity contribution is 0.415. The Morgan fingerprint density at radius 1 is 0.697 bits per heavy atom. The van der Waals surface area contributed by atoms with E-state index >= 15 is 0 Å². The Kier molecular flexibility index (Phi) is 6.57. The van der Waals surface area contributed by atoms with Crippen LogP contribution in [-0.4, -0.2) is 7.11 Å². The van der Waals surface area contributed by atoms with Crippen molar-refractivity contribution in [3.8, 4) is 5.75 Å². The van der Waals surface area contributed by atoms with E-state index < -0.39 is 0 Å². The first-order valence-electron chi connectivity index (χ1n) is 10.8. The summed E-state index contributed by atoms with van der Waals surface area (Å²) in [5, 5.41) is 0. The molecule has 4 aromatic rings. The standard InChI is InChI=1S/C30H26N2O/c1-22-5-13-26(14-6-22)32(27-15-7-23(2)8-16-27)28-17-9-24(10-18-28)21-30(31-3)25-11-19-29(33-4)20-12-25/h5-21H,1-2,4H3. The van der Waals surface area contributed by atoms with Gasteiger partial charge < -0.3 is 9.64 Å². The molecule has 4 rings (SSSR count). The molecule has 0 aliphatic rings. The van der Waals surface area contributed by atoms with Crippen molar-refractivity contribution in [3.63, 3.8) is 0 Å². The Hall–Kier alpha value is -4.29. The average molecular weight is 431 g/mol. The monoisotopic (exact) mass is 430 g/mol. The Labute approximate surface area is 196 Å². The Bertz CT molecular complexity index is 1230. The van der Waals surface area contributed by atoms with E-state index in [0.717, 1.165) is 33.9 Å². The molecule has 3 nitrogen and oxygen atoms in total. The Morgan fingerprint density at radius 2 is 1.15 bits per heavy atom. The van der Waals surface area contributed by atoms with Crippen LogP contribution < -0.4 is 9.64 Å². The van der Waals surface area contributed by atoms with Gasteiger partial charge in [0.2, 0.25) is 0 Å². The van der Waals surface area contributed by atoms with E-state index in [0.29, 0.717) is 5.70 Å². The molecule has 33 heavy (non-hydrogen) atoms. The van der Waals surface area contributed by atoms with Crippen molar-refractivity contribution >= 4 is 28.8 Å². The smallest absolute Gasteiger partial charge is 0.194 e. The van der Waals surface area contributed by atoms with E-state index in [4.69, 9.17) is 11.3 Å². The lowest BCUT2D eigenvalue weighted by Crippen LogP contribution is -2.09. The van der Waals surface area contributed by atoms with Gasteiger partial charge in [-0.15, -0.1) is 0 Å². The summed E-state index contributed by atoms with van der Waals surface area (Å²) in [6.07, 6.45) is 1.92. The van der Waals surface area contributed by atoms with E-state index in [2.05, 4.69) is 96.4 Å². The van der Waals surface area contributed by atoms with Crippen LogP contribution in [0.25, 0.3) is 16.6 Å². The summed E-state index contributed by atoms with van der Waals surface area (Å²) in [7, 11) is 1.64. The molecule has 0 aromatic heterocycles. The fourth-order valence-corrected chi connectivity index (χ4v) is 3.65. The lowest BCUT2D eigenvalue weighted by atomic mass is 10.1. The predicted octanol–water partition coefficient (Wildman–Crippen LogP) is 8.20. The van der Waals surface area contributed by atoms with Gasteiger partial charge in [-0.2, -0.15) is 0 Å². The van der Waals surface area contributed by atoms with Crippen molar-refractivity contribution in [1.29, 1.82) is 0 Å². The van der Waals surface area contributed by atoms with Gasteiger partial charge in [-0.3, -0.25) is 0 Å². The summed E-state index contributed by atoms with van der Waals surface area (Å²) in [5.74, 6) is 0.778. The van der Waals surface area contributed by atoms with Crippen LogP contribution in [-0.2, 0) is 0 Å².